The maximum absolute atomic E-state index is 13.3. The Hall–Kier alpha value is -3.47. The van der Waals surface area contributed by atoms with E-state index in [1.165, 1.54) is 29.8 Å². The molecule has 0 bridgehead atoms. The summed E-state index contributed by atoms with van der Waals surface area (Å²) in [6, 6.07) is 22.4. The third-order valence-corrected chi connectivity index (χ3v) is 5.58. The van der Waals surface area contributed by atoms with Gasteiger partial charge in [0.05, 0.1) is 4.92 Å². The molecule has 3 aromatic rings. The molecule has 0 aromatic heterocycles. The fourth-order valence-electron chi connectivity index (χ4n) is 4.16. The van der Waals surface area contributed by atoms with Gasteiger partial charge in [-0.15, -0.1) is 0 Å². The molecule has 0 fully saturated rings. The predicted octanol–water partition coefficient (Wildman–Crippen LogP) is 5.47. The highest BCUT2D eigenvalue weighted by Gasteiger charge is 2.35. The van der Waals surface area contributed by atoms with E-state index in [1.54, 1.807) is 0 Å². The lowest BCUT2D eigenvalue weighted by molar-refractivity contribution is -0.384. The van der Waals surface area contributed by atoms with Crippen LogP contribution >= 0.6 is 0 Å². The summed E-state index contributed by atoms with van der Waals surface area (Å²) in [7, 11) is 0. The minimum absolute atomic E-state index is 0.00176. The second-order valence-corrected chi connectivity index (χ2v) is 7.59. The summed E-state index contributed by atoms with van der Waals surface area (Å²) in [5.74, 6) is 0.0889. The molecule has 0 N–H and O–H groups in total. The van der Waals surface area contributed by atoms with E-state index in [1.807, 2.05) is 35.2 Å². The van der Waals surface area contributed by atoms with Crippen LogP contribution in [0.5, 0.6) is 0 Å². The van der Waals surface area contributed by atoms with E-state index in [9.17, 15) is 14.9 Å². The van der Waals surface area contributed by atoms with E-state index in [2.05, 4.69) is 32.0 Å². The quantitative estimate of drug-likeness (QED) is 0.443. The lowest BCUT2D eigenvalue weighted by Crippen LogP contribution is -2.43. The number of hydrogen-bond donors (Lipinski definition) is 0. The maximum atomic E-state index is 13.3. The summed E-state index contributed by atoms with van der Waals surface area (Å²) >= 11 is 0. The third kappa shape index (κ3) is 3.51. The minimum atomic E-state index is -0.458. The van der Waals surface area contributed by atoms with Gasteiger partial charge >= 0.3 is 0 Å². The zero-order valence-corrected chi connectivity index (χ0v) is 16.4. The zero-order chi connectivity index (χ0) is 20.5. The molecule has 146 valence electrons. The van der Waals surface area contributed by atoms with Crippen molar-refractivity contribution in [2.24, 2.45) is 0 Å². The number of non-ortho nitro benzene ring substituents is 1. The molecule has 5 nitrogen and oxygen atoms in total. The maximum Gasteiger partial charge on any atom is 0.269 e. The van der Waals surface area contributed by atoms with Crippen LogP contribution in [-0.2, 0) is 0 Å². The molecular weight excluding hydrogens is 364 g/mol. The van der Waals surface area contributed by atoms with Crippen molar-refractivity contribution < 1.29 is 9.72 Å². The Morgan fingerprint density at radius 1 is 1.03 bits per heavy atom. The van der Waals surface area contributed by atoms with E-state index in [0.29, 0.717) is 5.56 Å². The molecule has 3 aromatic carbocycles. The number of benzene rings is 3. The number of amides is 1. The van der Waals surface area contributed by atoms with Crippen LogP contribution in [0, 0.1) is 17.0 Å². The highest BCUT2D eigenvalue weighted by molar-refractivity contribution is 6.07. The number of carbonyl (C=O) groups excluding carboxylic acids is 1. The number of aryl methyl sites for hydroxylation is 1. The second kappa shape index (κ2) is 7.51. The van der Waals surface area contributed by atoms with Gasteiger partial charge in [0.1, 0.15) is 0 Å². The fraction of sp³-hybridized carbons (Fsp3) is 0.208. The molecule has 1 aliphatic heterocycles. The van der Waals surface area contributed by atoms with Crippen LogP contribution in [0.3, 0.4) is 0 Å². The molecule has 2 atom stereocenters. The van der Waals surface area contributed by atoms with Crippen molar-refractivity contribution in [3.8, 4) is 0 Å². The summed E-state index contributed by atoms with van der Waals surface area (Å²) < 4.78 is 0. The molecule has 2 unspecified atom stereocenters. The van der Waals surface area contributed by atoms with Crippen molar-refractivity contribution in [1.82, 2.24) is 0 Å². The average Bonchev–Trinajstić information content (AvgIpc) is 2.73. The summed E-state index contributed by atoms with van der Waals surface area (Å²) in [6.45, 7) is 4.12. The molecule has 1 aliphatic rings. The van der Waals surface area contributed by atoms with Gasteiger partial charge < -0.3 is 4.90 Å². The van der Waals surface area contributed by atoms with Gasteiger partial charge in [-0.25, -0.2) is 0 Å². The number of anilines is 1. The van der Waals surface area contributed by atoms with Crippen molar-refractivity contribution in [1.29, 1.82) is 0 Å². The van der Waals surface area contributed by atoms with Crippen LogP contribution in [-0.4, -0.2) is 16.9 Å². The van der Waals surface area contributed by atoms with Gasteiger partial charge in [-0.2, -0.15) is 0 Å². The van der Waals surface area contributed by atoms with Crippen LogP contribution in [0.25, 0.3) is 0 Å². The molecule has 0 saturated heterocycles. The first kappa shape index (κ1) is 18.9. The van der Waals surface area contributed by atoms with Gasteiger partial charge in [-0.1, -0.05) is 48.0 Å². The van der Waals surface area contributed by atoms with E-state index in [4.69, 9.17) is 0 Å². The molecule has 4 rings (SSSR count). The molecule has 5 heteroatoms. The normalized spacial score (nSPS) is 18.2. The smallest absolute Gasteiger partial charge is 0.269 e. The van der Waals surface area contributed by atoms with E-state index >= 15 is 0 Å². The minimum Gasteiger partial charge on any atom is -0.305 e. The highest BCUT2D eigenvalue weighted by Crippen LogP contribution is 2.43. The first-order valence-electron chi connectivity index (χ1n) is 9.69. The Labute approximate surface area is 169 Å². The molecule has 1 heterocycles. The number of nitro benzene ring substituents is 1. The molecular formula is C24H22N2O3. The van der Waals surface area contributed by atoms with Crippen LogP contribution in [0.1, 0.15) is 46.3 Å². The second-order valence-electron chi connectivity index (χ2n) is 7.59. The number of carbonyl (C=O) groups is 1. The Bertz CT molecular complexity index is 1060. The molecule has 1 amide bonds. The monoisotopic (exact) mass is 386 g/mol. The van der Waals surface area contributed by atoms with Crippen molar-refractivity contribution in [2.75, 3.05) is 4.90 Å². The largest absolute Gasteiger partial charge is 0.305 e. The fourth-order valence-corrected chi connectivity index (χ4v) is 4.16. The molecule has 29 heavy (non-hydrogen) atoms. The Morgan fingerprint density at radius 2 is 1.72 bits per heavy atom. The third-order valence-electron chi connectivity index (χ3n) is 5.58. The van der Waals surface area contributed by atoms with Crippen LogP contribution in [0.4, 0.5) is 11.4 Å². The highest BCUT2D eigenvalue weighted by atomic mass is 16.6. The van der Waals surface area contributed by atoms with Crippen LogP contribution in [0.15, 0.2) is 72.8 Å². The summed E-state index contributed by atoms with van der Waals surface area (Å²) in [4.78, 5) is 25.6. The first-order valence-corrected chi connectivity index (χ1v) is 9.69. The SMILES string of the molecule is Cc1ccc2c(c1)C(c1ccccc1)CC(C)N2C(=O)c1ccc([N+](=O)[O-])cc1. The molecule has 0 radical (unpaired) electrons. The zero-order valence-electron chi connectivity index (χ0n) is 16.4. The van der Waals surface area contributed by atoms with Crippen molar-refractivity contribution in [3.63, 3.8) is 0 Å². The van der Waals surface area contributed by atoms with Crippen LogP contribution < -0.4 is 4.90 Å². The van der Waals surface area contributed by atoms with Crippen molar-refractivity contribution in [3.05, 3.63) is 105 Å². The summed E-state index contributed by atoms with van der Waals surface area (Å²) in [5.41, 5.74) is 4.88. The standard InChI is InChI=1S/C24H22N2O3/c1-16-8-13-23-22(14-16)21(18-6-4-3-5-7-18)15-17(2)25(23)24(27)19-9-11-20(12-10-19)26(28)29/h3-14,17,21H,15H2,1-2H3. The Balaban J connectivity index is 1.76. The Morgan fingerprint density at radius 3 is 2.38 bits per heavy atom. The average molecular weight is 386 g/mol. The van der Waals surface area contributed by atoms with Gasteiger partial charge in [0, 0.05) is 35.3 Å². The lowest BCUT2D eigenvalue weighted by atomic mass is 9.80. The number of hydrogen-bond acceptors (Lipinski definition) is 3. The number of nitro groups is 1. The molecule has 0 saturated carbocycles. The van der Waals surface area contributed by atoms with E-state index in [0.717, 1.165) is 23.2 Å². The van der Waals surface area contributed by atoms with Gasteiger partial charge in [-0.05, 0) is 49.6 Å². The van der Waals surface area contributed by atoms with Gasteiger partial charge in [0.2, 0.25) is 0 Å². The first-order chi connectivity index (χ1) is 14.0. The van der Waals surface area contributed by atoms with Crippen molar-refractivity contribution in [2.45, 2.75) is 32.2 Å². The number of nitrogens with zero attached hydrogens (tertiary/aromatic N) is 2. The van der Waals surface area contributed by atoms with Gasteiger partial charge in [0.25, 0.3) is 11.6 Å². The van der Waals surface area contributed by atoms with Crippen molar-refractivity contribution >= 4 is 17.3 Å². The van der Waals surface area contributed by atoms with Gasteiger partial charge in [0.15, 0.2) is 0 Å². The predicted molar refractivity (Wildman–Crippen MR) is 113 cm³/mol. The molecule has 0 aliphatic carbocycles. The van der Waals surface area contributed by atoms with E-state index in [-0.39, 0.29) is 23.6 Å². The number of fused-ring (bicyclic) bond motifs is 1. The number of rotatable bonds is 3. The topological polar surface area (TPSA) is 63.5 Å². The van der Waals surface area contributed by atoms with Gasteiger partial charge in [-0.3, -0.25) is 14.9 Å². The molecule has 0 spiro atoms. The summed E-state index contributed by atoms with van der Waals surface area (Å²) in [5, 5.41) is 10.9. The van der Waals surface area contributed by atoms with E-state index < -0.39 is 4.92 Å². The van der Waals surface area contributed by atoms with Crippen LogP contribution in [0.2, 0.25) is 0 Å². The Kier molecular flexibility index (Phi) is 4.89. The summed E-state index contributed by atoms with van der Waals surface area (Å²) in [6.07, 6.45) is 0.819. The lowest BCUT2D eigenvalue weighted by Gasteiger charge is -2.40.